The minimum absolute atomic E-state index is 0.0262. The van der Waals surface area contributed by atoms with Gasteiger partial charge in [-0.3, -0.25) is 4.79 Å². The molecule has 3 nitrogen and oxygen atoms in total. The van der Waals surface area contributed by atoms with Crippen molar-refractivity contribution < 1.29 is 9.90 Å². The second kappa shape index (κ2) is 3.52. The lowest BCUT2D eigenvalue weighted by atomic mass is 10.1. The number of carbonyl (C=O) groups excluding carboxylic acids is 1. The van der Waals surface area contributed by atoms with Crippen LogP contribution in [0.4, 0.5) is 0 Å². The molecule has 0 aromatic heterocycles. The Balaban J connectivity index is 2.37. The minimum atomic E-state index is -0.145. The fourth-order valence-electron chi connectivity index (χ4n) is 1.45. The summed E-state index contributed by atoms with van der Waals surface area (Å²) in [6.45, 7) is 0.428. The van der Waals surface area contributed by atoms with E-state index >= 15 is 0 Å². The van der Waals surface area contributed by atoms with Crippen molar-refractivity contribution >= 4 is 5.91 Å². The Bertz CT molecular complexity index is 440. The summed E-state index contributed by atoms with van der Waals surface area (Å²) in [5.41, 5.74) is 2.52. The highest BCUT2D eigenvalue weighted by Crippen LogP contribution is 2.16. The van der Waals surface area contributed by atoms with E-state index in [0.717, 1.165) is 16.7 Å². The fourth-order valence-corrected chi connectivity index (χ4v) is 1.45. The van der Waals surface area contributed by atoms with Crippen LogP contribution in [0.2, 0.25) is 0 Å². The van der Waals surface area contributed by atoms with Gasteiger partial charge < -0.3 is 10.4 Å². The van der Waals surface area contributed by atoms with Crippen LogP contribution in [0.5, 0.6) is 0 Å². The van der Waals surface area contributed by atoms with Crippen molar-refractivity contribution in [2.24, 2.45) is 0 Å². The molecule has 0 aliphatic carbocycles. The van der Waals surface area contributed by atoms with Crippen LogP contribution in [-0.2, 0) is 6.54 Å². The highest BCUT2D eigenvalue weighted by molar-refractivity contribution is 5.98. The molecule has 0 spiro atoms. The quantitative estimate of drug-likeness (QED) is 0.573. The summed E-state index contributed by atoms with van der Waals surface area (Å²) in [4.78, 5) is 11.2. The van der Waals surface area contributed by atoms with Crippen molar-refractivity contribution in [1.82, 2.24) is 5.32 Å². The molecule has 2 N–H and O–H groups in total. The summed E-state index contributed by atoms with van der Waals surface area (Å²) >= 11 is 0. The van der Waals surface area contributed by atoms with Crippen LogP contribution in [0.1, 0.15) is 21.5 Å². The van der Waals surface area contributed by atoms with E-state index in [-0.39, 0.29) is 12.5 Å². The molecule has 0 fully saturated rings. The molecular weight excluding hydrogens is 178 g/mol. The van der Waals surface area contributed by atoms with Crippen molar-refractivity contribution in [3.63, 3.8) is 0 Å². The Morgan fingerprint density at radius 3 is 3.14 bits per heavy atom. The number of rotatable bonds is 0. The molecular formula is C11H9NO2. The molecule has 1 aromatic rings. The van der Waals surface area contributed by atoms with Gasteiger partial charge in [0.25, 0.3) is 5.91 Å². The third-order valence-electron chi connectivity index (χ3n) is 2.10. The van der Waals surface area contributed by atoms with E-state index in [1.165, 1.54) is 0 Å². The molecule has 1 heterocycles. The number of carbonyl (C=O) groups is 1. The van der Waals surface area contributed by atoms with E-state index < -0.39 is 0 Å². The Morgan fingerprint density at radius 2 is 2.36 bits per heavy atom. The monoisotopic (exact) mass is 187 g/mol. The average molecular weight is 187 g/mol. The second-order valence-corrected chi connectivity index (χ2v) is 3.01. The van der Waals surface area contributed by atoms with Gasteiger partial charge in [0.15, 0.2) is 0 Å². The van der Waals surface area contributed by atoms with Crippen LogP contribution in [0.15, 0.2) is 18.2 Å². The van der Waals surface area contributed by atoms with Crippen molar-refractivity contribution in [3.8, 4) is 11.8 Å². The normalized spacial score (nSPS) is 12.8. The molecule has 0 radical (unpaired) electrons. The highest BCUT2D eigenvalue weighted by Gasteiger charge is 2.17. The number of aliphatic hydroxyl groups is 1. The van der Waals surface area contributed by atoms with Gasteiger partial charge in [-0.15, -0.1) is 0 Å². The molecule has 1 aliphatic rings. The van der Waals surface area contributed by atoms with Gasteiger partial charge in [0.05, 0.1) is 0 Å². The largest absolute Gasteiger partial charge is 0.384 e. The van der Waals surface area contributed by atoms with E-state index in [1.807, 2.05) is 6.07 Å². The first kappa shape index (κ1) is 8.79. The topological polar surface area (TPSA) is 49.3 Å². The molecule has 0 saturated heterocycles. The summed E-state index contributed by atoms with van der Waals surface area (Å²) < 4.78 is 0. The number of amides is 1. The van der Waals surface area contributed by atoms with Crippen LogP contribution in [0.3, 0.4) is 0 Å². The predicted octanol–water partition coefficient (Wildman–Crippen LogP) is 0.274. The Labute approximate surface area is 81.8 Å². The third-order valence-corrected chi connectivity index (χ3v) is 2.10. The lowest BCUT2D eigenvalue weighted by Gasteiger charge is -1.95. The molecule has 0 atom stereocenters. The number of hydrogen-bond donors (Lipinski definition) is 2. The van der Waals surface area contributed by atoms with E-state index in [2.05, 4.69) is 17.2 Å². The molecule has 1 amide bonds. The first-order chi connectivity index (χ1) is 6.81. The van der Waals surface area contributed by atoms with Crippen LogP contribution in [0.25, 0.3) is 0 Å². The zero-order valence-corrected chi connectivity index (χ0v) is 7.50. The number of aliphatic hydroxyl groups excluding tert-OH is 1. The molecule has 0 bridgehead atoms. The van der Waals surface area contributed by atoms with Crippen LogP contribution < -0.4 is 5.32 Å². The predicted molar refractivity (Wildman–Crippen MR) is 51.6 cm³/mol. The lowest BCUT2D eigenvalue weighted by molar-refractivity contribution is 0.0966. The van der Waals surface area contributed by atoms with Crippen LogP contribution in [0, 0.1) is 11.8 Å². The Morgan fingerprint density at radius 1 is 1.50 bits per heavy atom. The first-order valence-electron chi connectivity index (χ1n) is 4.32. The number of nitrogens with one attached hydrogen (secondary N) is 1. The zero-order chi connectivity index (χ0) is 9.97. The average Bonchev–Trinajstić information content (AvgIpc) is 2.57. The van der Waals surface area contributed by atoms with Gasteiger partial charge in [0.2, 0.25) is 0 Å². The maximum absolute atomic E-state index is 11.2. The van der Waals surface area contributed by atoms with Crippen molar-refractivity contribution in [2.45, 2.75) is 6.54 Å². The minimum Gasteiger partial charge on any atom is -0.384 e. The van der Waals surface area contributed by atoms with Gasteiger partial charge >= 0.3 is 0 Å². The van der Waals surface area contributed by atoms with Gasteiger partial charge in [0.1, 0.15) is 6.61 Å². The van der Waals surface area contributed by atoms with Crippen molar-refractivity contribution in [2.75, 3.05) is 6.61 Å². The summed E-state index contributed by atoms with van der Waals surface area (Å²) in [7, 11) is 0. The van der Waals surface area contributed by atoms with E-state index in [1.54, 1.807) is 12.1 Å². The Kier molecular flexibility index (Phi) is 2.21. The van der Waals surface area contributed by atoms with Crippen LogP contribution >= 0.6 is 0 Å². The highest BCUT2D eigenvalue weighted by atomic mass is 16.2. The van der Waals surface area contributed by atoms with Gasteiger partial charge in [0, 0.05) is 17.7 Å². The van der Waals surface area contributed by atoms with E-state index in [4.69, 9.17) is 5.11 Å². The van der Waals surface area contributed by atoms with Crippen molar-refractivity contribution in [3.05, 3.63) is 34.9 Å². The number of hydrogen-bond acceptors (Lipinski definition) is 2. The molecule has 1 aliphatic heterocycles. The lowest BCUT2D eigenvalue weighted by Crippen LogP contribution is -2.12. The third kappa shape index (κ3) is 1.48. The van der Waals surface area contributed by atoms with Gasteiger partial charge in [-0.05, 0) is 23.8 Å². The molecule has 2 rings (SSSR count). The van der Waals surface area contributed by atoms with Gasteiger partial charge in [-0.25, -0.2) is 0 Å². The van der Waals surface area contributed by atoms with Crippen molar-refractivity contribution in [1.29, 1.82) is 0 Å². The van der Waals surface area contributed by atoms with E-state index in [9.17, 15) is 4.79 Å². The smallest absolute Gasteiger partial charge is 0.251 e. The van der Waals surface area contributed by atoms with E-state index in [0.29, 0.717) is 6.54 Å². The fraction of sp³-hybridized carbons (Fsp3) is 0.182. The summed E-state index contributed by atoms with van der Waals surface area (Å²) in [6.07, 6.45) is 0. The molecule has 0 unspecified atom stereocenters. The summed E-state index contributed by atoms with van der Waals surface area (Å²) in [6, 6.07) is 5.42. The molecule has 70 valence electrons. The van der Waals surface area contributed by atoms with Gasteiger partial charge in [-0.2, -0.15) is 0 Å². The number of benzene rings is 1. The second-order valence-electron chi connectivity index (χ2n) is 3.01. The zero-order valence-electron chi connectivity index (χ0n) is 7.50. The maximum Gasteiger partial charge on any atom is 0.251 e. The Hall–Kier alpha value is -1.79. The first-order valence-corrected chi connectivity index (χ1v) is 4.32. The van der Waals surface area contributed by atoms with Crippen LogP contribution in [-0.4, -0.2) is 17.6 Å². The molecule has 0 saturated carbocycles. The van der Waals surface area contributed by atoms with Gasteiger partial charge in [-0.1, -0.05) is 11.8 Å². The molecule has 14 heavy (non-hydrogen) atoms. The maximum atomic E-state index is 11.2. The molecule has 1 aromatic carbocycles. The SMILES string of the molecule is O=C1NCc2cc(C#CCO)ccc21. The summed E-state index contributed by atoms with van der Waals surface area (Å²) in [5, 5.41) is 11.3. The standard InChI is InChI=1S/C11H9NO2/c13-5-1-2-8-3-4-10-9(6-8)7-12-11(10)14/h3-4,6,13H,5,7H2,(H,12,14). The number of fused-ring (bicyclic) bond motifs is 1. The summed E-state index contributed by atoms with van der Waals surface area (Å²) in [5.74, 6) is 5.34. The molecule has 3 heteroatoms.